The van der Waals surface area contributed by atoms with E-state index in [-0.39, 0.29) is 11.5 Å². The van der Waals surface area contributed by atoms with E-state index in [0.717, 1.165) is 36.1 Å². The summed E-state index contributed by atoms with van der Waals surface area (Å²) in [6, 6.07) is 11.8. The van der Waals surface area contributed by atoms with Crippen molar-refractivity contribution in [3.05, 3.63) is 81.4 Å². The van der Waals surface area contributed by atoms with E-state index >= 15 is 0 Å². The first-order valence-electron chi connectivity index (χ1n) is 9.39. The van der Waals surface area contributed by atoms with Crippen molar-refractivity contribution in [1.29, 1.82) is 0 Å². The molecule has 3 rings (SSSR count). The third kappa shape index (κ3) is 4.71. The van der Waals surface area contributed by atoms with Crippen LogP contribution >= 0.6 is 0 Å². The number of hydrogen-bond acceptors (Lipinski definition) is 4. The molecule has 2 N–H and O–H groups in total. The monoisotopic (exact) mass is 376 g/mol. The van der Waals surface area contributed by atoms with E-state index in [1.165, 1.54) is 5.56 Å². The van der Waals surface area contributed by atoms with Gasteiger partial charge in [-0.2, -0.15) is 5.10 Å². The predicted octanol–water partition coefficient (Wildman–Crippen LogP) is 3.20. The lowest BCUT2D eigenvalue weighted by atomic mass is 10.0. The molecule has 0 radical (unpaired) electrons. The maximum absolute atomic E-state index is 11.9. The zero-order valence-electron chi connectivity index (χ0n) is 16.2. The fourth-order valence-corrected chi connectivity index (χ4v) is 2.99. The van der Waals surface area contributed by atoms with Crippen LogP contribution in [0.25, 0.3) is 11.3 Å². The van der Waals surface area contributed by atoms with E-state index in [1.54, 1.807) is 31.5 Å². The van der Waals surface area contributed by atoms with Crippen LogP contribution in [0.2, 0.25) is 0 Å². The summed E-state index contributed by atoms with van der Waals surface area (Å²) in [4.78, 5) is 27.5. The lowest BCUT2D eigenvalue weighted by molar-refractivity contribution is 0.0952. The summed E-state index contributed by atoms with van der Waals surface area (Å²) < 4.78 is 0. The summed E-state index contributed by atoms with van der Waals surface area (Å²) in [5, 5.41) is 9.65. The van der Waals surface area contributed by atoms with Gasteiger partial charge in [-0.05, 0) is 56.4 Å². The van der Waals surface area contributed by atoms with Gasteiger partial charge >= 0.3 is 0 Å². The Morgan fingerprint density at radius 2 is 1.86 bits per heavy atom. The lowest BCUT2D eigenvalue weighted by Gasteiger charge is -2.08. The highest BCUT2D eigenvalue weighted by molar-refractivity contribution is 5.93. The third-order valence-electron chi connectivity index (χ3n) is 4.86. The molecule has 28 heavy (non-hydrogen) atoms. The van der Waals surface area contributed by atoms with Crippen LogP contribution in [0.4, 0.5) is 0 Å². The SMILES string of the molecule is Cc1c(-c2ccc(CCCCNC(=O)c3cccnc3)cc2)n[nH]c(=O)c1C. The number of benzene rings is 1. The first-order valence-corrected chi connectivity index (χ1v) is 9.39. The maximum atomic E-state index is 11.9. The number of unbranched alkanes of at least 4 members (excludes halogenated alkanes) is 1. The average molecular weight is 376 g/mol. The average Bonchev–Trinajstić information content (AvgIpc) is 2.73. The van der Waals surface area contributed by atoms with Gasteiger partial charge in [0.2, 0.25) is 0 Å². The summed E-state index contributed by atoms with van der Waals surface area (Å²) in [6.45, 7) is 4.37. The number of H-pyrrole nitrogens is 1. The first kappa shape index (κ1) is 19.5. The van der Waals surface area contributed by atoms with E-state index in [9.17, 15) is 9.59 Å². The Kier molecular flexibility index (Phi) is 6.32. The van der Waals surface area contributed by atoms with Crippen molar-refractivity contribution in [3.8, 4) is 11.3 Å². The maximum Gasteiger partial charge on any atom is 0.267 e. The van der Waals surface area contributed by atoms with Gasteiger partial charge in [0, 0.05) is 30.1 Å². The summed E-state index contributed by atoms with van der Waals surface area (Å²) >= 11 is 0. The Bertz CT molecular complexity index is 995. The largest absolute Gasteiger partial charge is 0.352 e. The van der Waals surface area contributed by atoms with Crippen molar-refractivity contribution < 1.29 is 4.79 Å². The number of aromatic nitrogens is 3. The molecule has 0 spiro atoms. The molecule has 0 saturated carbocycles. The number of pyridine rings is 1. The Morgan fingerprint density at radius 3 is 2.57 bits per heavy atom. The molecule has 1 amide bonds. The molecule has 0 saturated heterocycles. The van der Waals surface area contributed by atoms with E-state index < -0.39 is 0 Å². The van der Waals surface area contributed by atoms with Gasteiger partial charge in [-0.15, -0.1) is 0 Å². The molecule has 1 aromatic carbocycles. The number of amides is 1. The van der Waals surface area contributed by atoms with Gasteiger partial charge in [0.15, 0.2) is 0 Å². The smallest absolute Gasteiger partial charge is 0.267 e. The van der Waals surface area contributed by atoms with Crippen LogP contribution in [0, 0.1) is 13.8 Å². The molecule has 0 aliphatic rings. The summed E-state index contributed by atoms with van der Waals surface area (Å²) in [7, 11) is 0. The van der Waals surface area contributed by atoms with Gasteiger partial charge in [0.25, 0.3) is 11.5 Å². The summed E-state index contributed by atoms with van der Waals surface area (Å²) in [5.74, 6) is -0.0866. The second-order valence-electron chi connectivity index (χ2n) is 6.80. The van der Waals surface area contributed by atoms with Gasteiger partial charge in [0.05, 0.1) is 11.3 Å². The van der Waals surface area contributed by atoms with E-state index in [2.05, 4.69) is 32.6 Å². The molecule has 0 aliphatic carbocycles. The molecule has 2 aromatic heterocycles. The van der Waals surface area contributed by atoms with Crippen LogP contribution in [0.1, 0.15) is 39.9 Å². The number of carbonyl (C=O) groups is 1. The van der Waals surface area contributed by atoms with Crippen molar-refractivity contribution in [2.45, 2.75) is 33.1 Å². The van der Waals surface area contributed by atoms with Crippen LogP contribution in [-0.4, -0.2) is 27.6 Å². The lowest BCUT2D eigenvalue weighted by Crippen LogP contribution is -2.24. The van der Waals surface area contributed by atoms with Crippen LogP contribution in [0.15, 0.2) is 53.6 Å². The highest BCUT2D eigenvalue weighted by Crippen LogP contribution is 2.21. The molecule has 0 unspecified atom stereocenters. The van der Waals surface area contributed by atoms with Crippen molar-refractivity contribution in [3.63, 3.8) is 0 Å². The second kappa shape index (κ2) is 9.08. The van der Waals surface area contributed by atoms with Gasteiger partial charge in [0.1, 0.15) is 0 Å². The van der Waals surface area contributed by atoms with Crippen molar-refractivity contribution in [1.82, 2.24) is 20.5 Å². The molecule has 0 fully saturated rings. The first-order chi connectivity index (χ1) is 13.6. The second-order valence-corrected chi connectivity index (χ2v) is 6.80. The van der Waals surface area contributed by atoms with E-state index in [4.69, 9.17) is 0 Å². The molecule has 0 aliphatic heterocycles. The number of carbonyl (C=O) groups excluding carboxylic acids is 1. The topological polar surface area (TPSA) is 87.7 Å². The number of aryl methyl sites for hydroxylation is 1. The predicted molar refractivity (Wildman–Crippen MR) is 109 cm³/mol. The molecular formula is C22H24N4O2. The van der Waals surface area contributed by atoms with Gasteiger partial charge in [-0.25, -0.2) is 5.10 Å². The van der Waals surface area contributed by atoms with Gasteiger partial charge in [-0.3, -0.25) is 14.6 Å². The molecule has 6 nitrogen and oxygen atoms in total. The molecule has 144 valence electrons. The minimum absolute atomic E-state index is 0.0866. The molecule has 6 heteroatoms. The summed E-state index contributed by atoms with van der Waals surface area (Å²) in [6.07, 6.45) is 6.06. The normalized spacial score (nSPS) is 10.6. The Hall–Kier alpha value is -3.28. The highest BCUT2D eigenvalue weighted by Gasteiger charge is 2.09. The van der Waals surface area contributed by atoms with Gasteiger partial charge in [-0.1, -0.05) is 24.3 Å². The molecule has 0 bridgehead atoms. The Morgan fingerprint density at radius 1 is 1.07 bits per heavy atom. The fraction of sp³-hybridized carbons (Fsp3) is 0.273. The summed E-state index contributed by atoms with van der Waals surface area (Å²) in [5.41, 5.74) is 5.07. The highest BCUT2D eigenvalue weighted by atomic mass is 16.1. The van der Waals surface area contributed by atoms with Crippen LogP contribution in [-0.2, 0) is 6.42 Å². The van der Waals surface area contributed by atoms with E-state index in [1.807, 2.05) is 19.1 Å². The number of rotatable bonds is 7. The zero-order valence-corrected chi connectivity index (χ0v) is 16.2. The Labute approximate surface area is 164 Å². The number of nitrogens with one attached hydrogen (secondary N) is 2. The molecular weight excluding hydrogens is 352 g/mol. The van der Waals surface area contributed by atoms with E-state index in [0.29, 0.717) is 17.7 Å². The van der Waals surface area contributed by atoms with Crippen LogP contribution in [0.5, 0.6) is 0 Å². The molecule has 2 heterocycles. The van der Waals surface area contributed by atoms with Crippen molar-refractivity contribution in [2.24, 2.45) is 0 Å². The van der Waals surface area contributed by atoms with Crippen molar-refractivity contribution >= 4 is 5.91 Å². The van der Waals surface area contributed by atoms with Crippen LogP contribution < -0.4 is 10.9 Å². The third-order valence-corrected chi connectivity index (χ3v) is 4.86. The standard InChI is InChI=1S/C22H24N4O2/c1-15-16(2)21(27)26-25-20(15)18-10-8-17(9-11-18)6-3-4-13-24-22(28)19-7-5-12-23-14-19/h5,7-12,14H,3-4,6,13H2,1-2H3,(H,24,28)(H,26,27). The quantitative estimate of drug-likeness (QED) is 0.620. The minimum Gasteiger partial charge on any atom is -0.352 e. The number of hydrogen-bond donors (Lipinski definition) is 2. The molecule has 3 aromatic rings. The fourth-order valence-electron chi connectivity index (χ4n) is 2.99. The minimum atomic E-state index is -0.145. The van der Waals surface area contributed by atoms with Crippen LogP contribution in [0.3, 0.4) is 0 Å². The number of aromatic amines is 1. The Balaban J connectivity index is 1.48. The zero-order chi connectivity index (χ0) is 19.9. The van der Waals surface area contributed by atoms with Gasteiger partial charge < -0.3 is 5.32 Å². The number of nitrogens with zero attached hydrogens (tertiary/aromatic N) is 2. The van der Waals surface area contributed by atoms with Crippen molar-refractivity contribution in [2.75, 3.05) is 6.54 Å². The molecule has 0 atom stereocenters.